The van der Waals surface area contributed by atoms with Gasteiger partial charge in [0.25, 0.3) is 0 Å². The van der Waals surface area contributed by atoms with Gasteiger partial charge < -0.3 is 10.2 Å². The normalized spacial score (nSPS) is 24.1. The van der Waals surface area contributed by atoms with Gasteiger partial charge in [-0.3, -0.25) is 9.59 Å². The predicted molar refractivity (Wildman–Crippen MR) is 76.0 cm³/mol. The maximum Gasteiger partial charge on any atom is 0.223 e. The lowest BCUT2D eigenvalue weighted by Gasteiger charge is -2.27. The van der Waals surface area contributed by atoms with E-state index in [9.17, 15) is 18.4 Å². The van der Waals surface area contributed by atoms with Crippen molar-refractivity contribution in [3.05, 3.63) is 35.4 Å². The molecular formula is C16H18F2N2O2. The van der Waals surface area contributed by atoms with Crippen molar-refractivity contribution in [3.8, 4) is 0 Å². The monoisotopic (exact) mass is 308 g/mol. The van der Waals surface area contributed by atoms with Crippen LogP contribution in [-0.2, 0) is 16.0 Å². The molecular weight excluding hydrogens is 290 g/mol. The fourth-order valence-electron chi connectivity index (χ4n) is 3.36. The highest BCUT2D eigenvalue weighted by atomic mass is 19.2. The van der Waals surface area contributed by atoms with Gasteiger partial charge in [-0.2, -0.15) is 0 Å². The molecule has 2 aliphatic heterocycles. The van der Waals surface area contributed by atoms with Crippen molar-refractivity contribution in [2.75, 3.05) is 6.54 Å². The van der Waals surface area contributed by atoms with Crippen LogP contribution in [0.15, 0.2) is 18.2 Å². The number of halogens is 2. The summed E-state index contributed by atoms with van der Waals surface area (Å²) in [5.41, 5.74) is 0.601. The molecule has 1 aromatic rings. The summed E-state index contributed by atoms with van der Waals surface area (Å²) in [6, 6.07) is 3.74. The highest BCUT2D eigenvalue weighted by molar-refractivity contribution is 5.81. The molecule has 6 heteroatoms. The Morgan fingerprint density at radius 2 is 2.00 bits per heavy atom. The van der Waals surface area contributed by atoms with Crippen molar-refractivity contribution in [2.24, 2.45) is 0 Å². The van der Waals surface area contributed by atoms with Crippen LogP contribution in [0.5, 0.6) is 0 Å². The SMILES string of the molecule is O=C1CC2CCC(CN1)N2C(=O)CCc1ccc(F)c(F)c1. The van der Waals surface area contributed by atoms with Gasteiger partial charge in [-0.15, -0.1) is 0 Å². The van der Waals surface area contributed by atoms with Gasteiger partial charge in [0.05, 0.1) is 0 Å². The number of carbonyl (C=O) groups excluding carboxylic acids is 2. The van der Waals surface area contributed by atoms with Crippen molar-refractivity contribution < 1.29 is 18.4 Å². The number of rotatable bonds is 3. The number of hydrogen-bond acceptors (Lipinski definition) is 2. The highest BCUT2D eigenvalue weighted by Crippen LogP contribution is 2.29. The van der Waals surface area contributed by atoms with Gasteiger partial charge in [-0.1, -0.05) is 6.07 Å². The molecule has 0 spiro atoms. The zero-order chi connectivity index (χ0) is 15.7. The zero-order valence-corrected chi connectivity index (χ0v) is 12.1. The minimum absolute atomic E-state index is 0.00870. The first-order chi connectivity index (χ1) is 10.5. The summed E-state index contributed by atoms with van der Waals surface area (Å²) < 4.78 is 26.1. The molecule has 0 aromatic heterocycles. The van der Waals surface area contributed by atoms with Crippen molar-refractivity contribution >= 4 is 11.8 Å². The van der Waals surface area contributed by atoms with Crippen molar-refractivity contribution in [2.45, 2.75) is 44.2 Å². The minimum Gasteiger partial charge on any atom is -0.354 e. The second kappa shape index (κ2) is 6.02. The summed E-state index contributed by atoms with van der Waals surface area (Å²) >= 11 is 0. The molecule has 0 saturated carbocycles. The lowest BCUT2D eigenvalue weighted by molar-refractivity contribution is -0.133. The first kappa shape index (κ1) is 14.9. The maximum absolute atomic E-state index is 13.2. The Labute approximate surface area is 127 Å². The van der Waals surface area contributed by atoms with Crippen LogP contribution in [0.1, 0.15) is 31.2 Å². The molecule has 2 atom stereocenters. The van der Waals surface area contributed by atoms with E-state index in [0.717, 1.165) is 25.0 Å². The van der Waals surface area contributed by atoms with E-state index in [-0.39, 0.29) is 30.3 Å². The summed E-state index contributed by atoms with van der Waals surface area (Å²) in [6.07, 6.45) is 2.73. The Hall–Kier alpha value is -1.98. The van der Waals surface area contributed by atoms with Gasteiger partial charge in [0.15, 0.2) is 11.6 Å². The summed E-state index contributed by atoms with van der Waals surface area (Å²) in [5.74, 6) is -1.81. The summed E-state index contributed by atoms with van der Waals surface area (Å²) in [5, 5.41) is 2.82. The number of aryl methyl sites for hydroxylation is 1. The third-order valence-electron chi connectivity index (χ3n) is 4.48. The number of hydrogen-bond donors (Lipinski definition) is 1. The van der Waals surface area contributed by atoms with E-state index in [1.165, 1.54) is 6.07 Å². The zero-order valence-electron chi connectivity index (χ0n) is 12.1. The van der Waals surface area contributed by atoms with Crippen LogP contribution >= 0.6 is 0 Å². The van der Waals surface area contributed by atoms with Crippen molar-refractivity contribution in [1.82, 2.24) is 10.2 Å². The number of fused-ring (bicyclic) bond motifs is 2. The molecule has 0 radical (unpaired) electrons. The quantitative estimate of drug-likeness (QED) is 0.925. The van der Waals surface area contributed by atoms with Crippen molar-refractivity contribution in [1.29, 1.82) is 0 Å². The van der Waals surface area contributed by atoms with Gasteiger partial charge in [0.1, 0.15) is 0 Å². The topological polar surface area (TPSA) is 49.4 Å². The molecule has 22 heavy (non-hydrogen) atoms. The van der Waals surface area contributed by atoms with Gasteiger partial charge in [0, 0.05) is 31.5 Å². The van der Waals surface area contributed by atoms with E-state index >= 15 is 0 Å². The van der Waals surface area contributed by atoms with Crippen molar-refractivity contribution in [3.63, 3.8) is 0 Å². The fourth-order valence-corrected chi connectivity index (χ4v) is 3.36. The number of amides is 2. The van der Waals surface area contributed by atoms with E-state index in [1.54, 1.807) is 0 Å². The molecule has 2 saturated heterocycles. The average Bonchev–Trinajstić information content (AvgIpc) is 2.79. The lowest BCUT2D eigenvalue weighted by Crippen LogP contribution is -2.42. The molecule has 2 bridgehead atoms. The molecule has 4 nitrogen and oxygen atoms in total. The highest BCUT2D eigenvalue weighted by Gasteiger charge is 2.39. The fraction of sp³-hybridized carbons (Fsp3) is 0.500. The van der Waals surface area contributed by atoms with Gasteiger partial charge in [-0.05, 0) is 37.0 Å². The second-order valence-electron chi connectivity index (χ2n) is 5.94. The second-order valence-corrected chi connectivity index (χ2v) is 5.94. The predicted octanol–water partition coefficient (Wildman–Crippen LogP) is 1.78. The van der Waals surface area contributed by atoms with E-state index < -0.39 is 11.6 Å². The van der Waals surface area contributed by atoms with Crippen LogP contribution in [0.3, 0.4) is 0 Å². The number of nitrogens with one attached hydrogen (secondary N) is 1. The summed E-state index contributed by atoms with van der Waals surface area (Å²) in [4.78, 5) is 25.8. The molecule has 0 aliphatic carbocycles. The third-order valence-corrected chi connectivity index (χ3v) is 4.48. The Morgan fingerprint density at radius 1 is 1.23 bits per heavy atom. The Kier molecular flexibility index (Phi) is 4.09. The Bertz CT molecular complexity index is 606. The molecule has 2 fully saturated rings. The number of benzene rings is 1. The Balaban J connectivity index is 1.64. The van der Waals surface area contributed by atoms with Gasteiger partial charge in [0.2, 0.25) is 11.8 Å². The van der Waals surface area contributed by atoms with E-state index in [1.807, 2.05) is 4.90 Å². The van der Waals surface area contributed by atoms with Crippen LogP contribution in [-0.4, -0.2) is 35.3 Å². The van der Waals surface area contributed by atoms with E-state index in [0.29, 0.717) is 24.9 Å². The minimum atomic E-state index is -0.894. The maximum atomic E-state index is 13.2. The smallest absolute Gasteiger partial charge is 0.223 e. The molecule has 1 aromatic carbocycles. The molecule has 3 rings (SSSR count). The first-order valence-electron chi connectivity index (χ1n) is 7.56. The van der Waals surface area contributed by atoms with Gasteiger partial charge >= 0.3 is 0 Å². The number of nitrogens with zero attached hydrogens (tertiary/aromatic N) is 1. The largest absolute Gasteiger partial charge is 0.354 e. The molecule has 1 N–H and O–H groups in total. The molecule has 118 valence electrons. The standard InChI is InChI=1S/C16H18F2N2O2/c17-13-5-1-10(7-14(13)18)2-6-16(22)20-11-3-4-12(20)9-19-15(21)8-11/h1,5,7,11-12H,2-4,6,8-9H2,(H,19,21). The van der Waals surface area contributed by atoms with Crippen LogP contribution in [0.4, 0.5) is 8.78 Å². The lowest BCUT2D eigenvalue weighted by atomic mass is 10.1. The first-order valence-corrected chi connectivity index (χ1v) is 7.56. The molecule has 2 aliphatic rings. The molecule has 2 unspecified atom stereocenters. The molecule has 2 amide bonds. The van der Waals surface area contributed by atoms with E-state index in [2.05, 4.69) is 5.32 Å². The third kappa shape index (κ3) is 2.96. The number of carbonyl (C=O) groups is 2. The van der Waals surface area contributed by atoms with Gasteiger partial charge in [-0.25, -0.2) is 8.78 Å². The van der Waals surface area contributed by atoms with Crippen LogP contribution in [0.2, 0.25) is 0 Å². The van der Waals surface area contributed by atoms with Crippen LogP contribution in [0, 0.1) is 11.6 Å². The summed E-state index contributed by atoms with van der Waals surface area (Å²) in [7, 11) is 0. The summed E-state index contributed by atoms with van der Waals surface area (Å²) in [6.45, 7) is 0.506. The van der Waals surface area contributed by atoms with Crippen LogP contribution < -0.4 is 5.32 Å². The van der Waals surface area contributed by atoms with E-state index in [4.69, 9.17) is 0 Å². The Morgan fingerprint density at radius 3 is 2.77 bits per heavy atom. The molecule has 2 heterocycles. The van der Waals surface area contributed by atoms with Crippen LogP contribution in [0.25, 0.3) is 0 Å². The average molecular weight is 308 g/mol.